The van der Waals surface area contributed by atoms with Gasteiger partial charge in [-0.05, 0) is 0 Å². The number of aromatic amines is 1. The number of nitrogens with zero attached hydrogens (tertiary/aromatic N) is 3. The van der Waals surface area contributed by atoms with Gasteiger partial charge in [-0.3, -0.25) is 20.0 Å². The van der Waals surface area contributed by atoms with Gasteiger partial charge in [0.2, 0.25) is 11.9 Å². The molecular formula is C8H6F3N5O2. The average Bonchev–Trinajstić information content (AvgIpc) is 2.58. The number of nitrogens with one attached hydrogen (secondary N) is 2. The summed E-state index contributed by atoms with van der Waals surface area (Å²) in [5.41, 5.74) is -2.31. The SMILES string of the molecule is CC(=O)Nc1nc2nc(C(F)(F)F)cc(=O)n2[nH]1. The zero-order valence-corrected chi connectivity index (χ0v) is 8.87. The molecule has 0 saturated carbocycles. The van der Waals surface area contributed by atoms with Crippen molar-refractivity contribution in [2.45, 2.75) is 13.1 Å². The second kappa shape index (κ2) is 3.82. The Balaban J connectivity index is 2.59. The van der Waals surface area contributed by atoms with Crippen LogP contribution in [0.15, 0.2) is 10.9 Å². The van der Waals surface area contributed by atoms with Crippen LogP contribution in [0.5, 0.6) is 0 Å². The van der Waals surface area contributed by atoms with E-state index in [9.17, 15) is 22.8 Å². The van der Waals surface area contributed by atoms with Crippen molar-refractivity contribution in [3.8, 4) is 0 Å². The van der Waals surface area contributed by atoms with Crippen molar-refractivity contribution in [3.63, 3.8) is 0 Å². The van der Waals surface area contributed by atoms with E-state index in [1.165, 1.54) is 6.92 Å². The molecule has 0 aliphatic rings. The minimum absolute atomic E-state index is 0.161. The quantitative estimate of drug-likeness (QED) is 0.776. The normalized spacial score (nSPS) is 11.8. The highest BCUT2D eigenvalue weighted by Crippen LogP contribution is 2.26. The Labute approximate surface area is 96.6 Å². The van der Waals surface area contributed by atoms with Gasteiger partial charge in [0.25, 0.3) is 11.3 Å². The number of aromatic nitrogens is 4. The number of alkyl halides is 3. The second-order valence-corrected chi connectivity index (χ2v) is 3.37. The maximum absolute atomic E-state index is 12.4. The van der Waals surface area contributed by atoms with Gasteiger partial charge in [-0.25, -0.2) is 4.98 Å². The van der Waals surface area contributed by atoms with Crippen LogP contribution in [0.3, 0.4) is 0 Å². The molecule has 0 aromatic carbocycles. The van der Waals surface area contributed by atoms with Crippen LogP contribution < -0.4 is 10.9 Å². The van der Waals surface area contributed by atoms with E-state index in [1.54, 1.807) is 0 Å². The molecule has 2 aromatic rings. The largest absolute Gasteiger partial charge is 0.433 e. The van der Waals surface area contributed by atoms with Crippen LogP contribution in [-0.2, 0) is 11.0 Å². The molecule has 2 aromatic heterocycles. The van der Waals surface area contributed by atoms with E-state index in [1.807, 2.05) is 0 Å². The summed E-state index contributed by atoms with van der Waals surface area (Å²) in [5, 5.41) is 4.50. The van der Waals surface area contributed by atoms with Crippen LogP contribution in [0, 0.1) is 0 Å². The number of anilines is 1. The number of fused-ring (bicyclic) bond motifs is 1. The first-order valence-corrected chi connectivity index (χ1v) is 4.62. The van der Waals surface area contributed by atoms with E-state index in [2.05, 4.69) is 20.4 Å². The maximum atomic E-state index is 12.4. The molecule has 2 N–H and O–H groups in total. The van der Waals surface area contributed by atoms with E-state index in [0.29, 0.717) is 10.6 Å². The van der Waals surface area contributed by atoms with Crippen molar-refractivity contribution in [2.24, 2.45) is 0 Å². The van der Waals surface area contributed by atoms with Crippen LogP contribution in [0.25, 0.3) is 5.78 Å². The molecule has 0 bridgehead atoms. The number of carbonyl (C=O) groups excluding carboxylic acids is 1. The number of amides is 1. The van der Waals surface area contributed by atoms with Gasteiger partial charge in [-0.1, -0.05) is 0 Å². The molecule has 0 atom stereocenters. The third kappa shape index (κ3) is 2.17. The number of H-pyrrole nitrogens is 1. The lowest BCUT2D eigenvalue weighted by molar-refractivity contribution is -0.141. The standard InChI is InChI=1S/C8H6F3N5O2/c1-3(17)12-6-14-7-13-4(8(9,10)11)2-5(18)16(7)15-6/h2H,1H3,(H2,12,13,14,15,17). The van der Waals surface area contributed by atoms with Gasteiger partial charge in [-0.15, -0.1) is 0 Å². The highest BCUT2D eigenvalue weighted by molar-refractivity contribution is 5.86. The fourth-order valence-corrected chi connectivity index (χ4v) is 1.25. The third-order valence-electron chi connectivity index (χ3n) is 1.92. The van der Waals surface area contributed by atoms with Crippen molar-refractivity contribution in [1.82, 2.24) is 19.6 Å². The maximum Gasteiger partial charge on any atom is 0.433 e. The molecule has 0 aliphatic carbocycles. The van der Waals surface area contributed by atoms with Crippen molar-refractivity contribution >= 4 is 17.6 Å². The van der Waals surface area contributed by atoms with Gasteiger partial charge in [0.15, 0.2) is 5.69 Å². The van der Waals surface area contributed by atoms with Crippen LogP contribution in [0.2, 0.25) is 0 Å². The Morgan fingerprint density at radius 3 is 2.67 bits per heavy atom. The summed E-state index contributed by atoms with van der Waals surface area (Å²) in [6.45, 7) is 1.19. The van der Waals surface area contributed by atoms with Crippen molar-refractivity contribution in [2.75, 3.05) is 5.32 Å². The Kier molecular flexibility index (Phi) is 2.56. The van der Waals surface area contributed by atoms with Crippen LogP contribution in [-0.4, -0.2) is 25.5 Å². The number of hydrogen-bond donors (Lipinski definition) is 2. The minimum Gasteiger partial charge on any atom is -0.295 e. The molecule has 0 spiro atoms. The highest BCUT2D eigenvalue weighted by atomic mass is 19.4. The van der Waals surface area contributed by atoms with Crippen molar-refractivity contribution in [3.05, 3.63) is 22.1 Å². The molecule has 0 unspecified atom stereocenters. The van der Waals surface area contributed by atoms with Gasteiger partial charge in [0.05, 0.1) is 0 Å². The molecule has 10 heteroatoms. The Hall–Kier alpha value is -2.39. The average molecular weight is 261 g/mol. The summed E-state index contributed by atoms with van der Waals surface area (Å²) in [4.78, 5) is 28.9. The summed E-state index contributed by atoms with van der Waals surface area (Å²) < 4.78 is 37.9. The summed E-state index contributed by atoms with van der Waals surface area (Å²) in [5.74, 6) is -1.12. The van der Waals surface area contributed by atoms with Gasteiger partial charge >= 0.3 is 6.18 Å². The molecule has 0 fully saturated rings. The Bertz CT molecular complexity index is 671. The van der Waals surface area contributed by atoms with E-state index in [4.69, 9.17) is 0 Å². The van der Waals surface area contributed by atoms with Gasteiger partial charge in [-0.2, -0.15) is 22.7 Å². The lowest BCUT2D eigenvalue weighted by Crippen LogP contribution is -2.20. The van der Waals surface area contributed by atoms with E-state index >= 15 is 0 Å². The highest BCUT2D eigenvalue weighted by Gasteiger charge is 2.33. The van der Waals surface area contributed by atoms with Crippen LogP contribution >= 0.6 is 0 Å². The summed E-state index contributed by atoms with van der Waals surface area (Å²) in [6, 6.07) is 0.336. The van der Waals surface area contributed by atoms with E-state index in [0.717, 1.165) is 0 Å². The van der Waals surface area contributed by atoms with Gasteiger partial charge in [0.1, 0.15) is 0 Å². The second-order valence-electron chi connectivity index (χ2n) is 3.37. The summed E-state index contributed by atoms with van der Waals surface area (Å²) in [6.07, 6.45) is -4.74. The molecule has 2 rings (SSSR count). The Morgan fingerprint density at radius 2 is 2.11 bits per heavy atom. The van der Waals surface area contributed by atoms with Crippen molar-refractivity contribution in [1.29, 1.82) is 0 Å². The monoisotopic (exact) mass is 261 g/mol. The predicted molar refractivity (Wildman–Crippen MR) is 52.9 cm³/mol. The number of halogens is 3. The van der Waals surface area contributed by atoms with Crippen LogP contribution in [0.1, 0.15) is 12.6 Å². The minimum atomic E-state index is -4.74. The number of hydrogen-bond acceptors (Lipinski definition) is 4. The first-order chi connectivity index (χ1) is 8.27. The molecule has 1 amide bonds. The first-order valence-electron chi connectivity index (χ1n) is 4.62. The molecule has 0 radical (unpaired) electrons. The van der Waals surface area contributed by atoms with Crippen LogP contribution in [0.4, 0.5) is 19.1 Å². The van der Waals surface area contributed by atoms with Gasteiger partial charge < -0.3 is 0 Å². The van der Waals surface area contributed by atoms with E-state index in [-0.39, 0.29) is 5.95 Å². The molecule has 0 saturated heterocycles. The number of carbonyl (C=O) groups is 1. The fraction of sp³-hybridized carbons (Fsp3) is 0.250. The molecule has 2 heterocycles. The summed E-state index contributed by atoms with van der Waals surface area (Å²) in [7, 11) is 0. The lowest BCUT2D eigenvalue weighted by atomic mass is 10.4. The molecule has 7 nitrogen and oxygen atoms in total. The Morgan fingerprint density at radius 1 is 1.44 bits per heavy atom. The molecule has 96 valence electrons. The number of rotatable bonds is 1. The predicted octanol–water partition coefficient (Wildman–Crippen LogP) is 0.395. The zero-order valence-electron chi connectivity index (χ0n) is 8.87. The lowest BCUT2D eigenvalue weighted by Gasteiger charge is -2.03. The molecule has 18 heavy (non-hydrogen) atoms. The van der Waals surface area contributed by atoms with E-state index < -0.39 is 29.1 Å². The topological polar surface area (TPSA) is 92.2 Å². The summed E-state index contributed by atoms with van der Waals surface area (Å²) >= 11 is 0. The first kappa shape index (κ1) is 12.1. The smallest absolute Gasteiger partial charge is 0.295 e. The molecular weight excluding hydrogens is 255 g/mol. The molecule has 0 aliphatic heterocycles. The zero-order chi connectivity index (χ0) is 13.5. The third-order valence-corrected chi connectivity index (χ3v) is 1.92. The van der Waals surface area contributed by atoms with Gasteiger partial charge in [0, 0.05) is 13.0 Å². The fourth-order valence-electron chi connectivity index (χ4n) is 1.25. The van der Waals surface area contributed by atoms with Crippen molar-refractivity contribution < 1.29 is 18.0 Å².